The molecule has 0 aliphatic carbocycles. The normalized spacial score (nSPS) is 29.7. The molecule has 1 aliphatic rings. The standard InChI is InChI=1S/C8H15O/c1-2-8-6-4-3-5-7-9-8/h8H,1-7H2. The topological polar surface area (TPSA) is 9.23 Å². The first-order valence-electron chi connectivity index (χ1n) is 3.84. The molecular formula is C8H15O. The first-order chi connectivity index (χ1) is 4.43. The van der Waals surface area contributed by atoms with E-state index in [0.29, 0.717) is 6.10 Å². The van der Waals surface area contributed by atoms with Crippen LogP contribution in [0.15, 0.2) is 0 Å². The number of rotatable bonds is 1. The van der Waals surface area contributed by atoms with Crippen LogP contribution in [0.5, 0.6) is 0 Å². The fourth-order valence-corrected chi connectivity index (χ4v) is 1.21. The average molecular weight is 127 g/mol. The van der Waals surface area contributed by atoms with Gasteiger partial charge in [-0.05, 0) is 19.3 Å². The molecule has 1 nitrogen and oxygen atoms in total. The van der Waals surface area contributed by atoms with Gasteiger partial charge in [-0.15, -0.1) is 0 Å². The van der Waals surface area contributed by atoms with Crippen molar-refractivity contribution in [3.05, 3.63) is 6.92 Å². The Morgan fingerprint density at radius 2 is 2.22 bits per heavy atom. The van der Waals surface area contributed by atoms with Gasteiger partial charge >= 0.3 is 0 Å². The van der Waals surface area contributed by atoms with Crippen LogP contribution in [0.3, 0.4) is 0 Å². The van der Waals surface area contributed by atoms with Crippen molar-refractivity contribution in [3.63, 3.8) is 0 Å². The summed E-state index contributed by atoms with van der Waals surface area (Å²) in [5.74, 6) is 0. The van der Waals surface area contributed by atoms with Crippen molar-refractivity contribution in [1.82, 2.24) is 0 Å². The Morgan fingerprint density at radius 1 is 1.33 bits per heavy atom. The van der Waals surface area contributed by atoms with Crippen molar-refractivity contribution in [2.24, 2.45) is 0 Å². The van der Waals surface area contributed by atoms with Gasteiger partial charge in [0.05, 0.1) is 6.10 Å². The van der Waals surface area contributed by atoms with Crippen molar-refractivity contribution >= 4 is 0 Å². The Bertz CT molecular complexity index is 63.0. The van der Waals surface area contributed by atoms with Crippen LogP contribution in [-0.2, 0) is 4.74 Å². The van der Waals surface area contributed by atoms with Gasteiger partial charge < -0.3 is 4.74 Å². The highest BCUT2D eigenvalue weighted by Gasteiger charge is 2.08. The van der Waals surface area contributed by atoms with Crippen molar-refractivity contribution < 1.29 is 4.74 Å². The van der Waals surface area contributed by atoms with Crippen molar-refractivity contribution in [2.75, 3.05) is 6.61 Å². The molecule has 1 rings (SSSR count). The predicted molar refractivity (Wildman–Crippen MR) is 38.2 cm³/mol. The molecular weight excluding hydrogens is 112 g/mol. The third-order valence-electron chi connectivity index (χ3n) is 1.85. The highest BCUT2D eigenvalue weighted by atomic mass is 16.5. The molecule has 1 heteroatoms. The molecule has 1 fully saturated rings. The molecule has 0 spiro atoms. The lowest BCUT2D eigenvalue weighted by Crippen LogP contribution is -2.09. The molecule has 0 aromatic heterocycles. The van der Waals surface area contributed by atoms with E-state index in [4.69, 9.17) is 4.74 Å². The smallest absolute Gasteiger partial charge is 0.0575 e. The van der Waals surface area contributed by atoms with Gasteiger partial charge in [0.15, 0.2) is 0 Å². The minimum absolute atomic E-state index is 0.465. The molecule has 1 aliphatic heterocycles. The summed E-state index contributed by atoms with van der Waals surface area (Å²) in [7, 11) is 0. The second-order valence-corrected chi connectivity index (χ2v) is 2.63. The van der Waals surface area contributed by atoms with Gasteiger partial charge in [-0.3, -0.25) is 0 Å². The second-order valence-electron chi connectivity index (χ2n) is 2.63. The fraction of sp³-hybridized carbons (Fsp3) is 0.875. The van der Waals surface area contributed by atoms with Gasteiger partial charge in [0.25, 0.3) is 0 Å². The van der Waals surface area contributed by atoms with Gasteiger partial charge in [0.1, 0.15) is 0 Å². The first kappa shape index (κ1) is 7.07. The Hall–Kier alpha value is -0.0400. The molecule has 53 valence electrons. The maximum atomic E-state index is 5.49. The summed E-state index contributed by atoms with van der Waals surface area (Å²) in [6.45, 7) is 4.78. The summed E-state index contributed by atoms with van der Waals surface area (Å²) in [4.78, 5) is 0. The lowest BCUT2D eigenvalue weighted by molar-refractivity contribution is 0.0606. The molecule has 0 N–H and O–H groups in total. The van der Waals surface area contributed by atoms with E-state index >= 15 is 0 Å². The summed E-state index contributed by atoms with van der Waals surface area (Å²) < 4.78 is 5.49. The van der Waals surface area contributed by atoms with Crippen LogP contribution in [0.25, 0.3) is 0 Å². The van der Waals surface area contributed by atoms with Gasteiger partial charge in [0, 0.05) is 6.61 Å². The zero-order valence-corrected chi connectivity index (χ0v) is 5.94. The number of ether oxygens (including phenoxy) is 1. The summed E-state index contributed by atoms with van der Waals surface area (Å²) in [5.41, 5.74) is 0. The van der Waals surface area contributed by atoms with Crippen molar-refractivity contribution in [2.45, 2.75) is 38.2 Å². The maximum absolute atomic E-state index is 5.49. The van der Waals surface area contributed by atoms with Gasteiger partial charge in [0.2, 0.25) is 0 Å². The molecule has 0 amide bonds. The maximum Gasteiger partial charge on any atom is 0.0575 e. The average Bonchev–Trinajstić information content (AvgIpc) is 2.13. The minimum Gasteiger partial charge on any atom is -0.378 e. The van der Waals surface area contributed by atoms with Crippen molar-refractivity contribution in [3.8, 4) is 0 Å². The van der Waals surface area contributed by atoms with Gasteiger partial charge in [-0.25, -0.2) is 0 Å². The molecule has 0 saturated carbocycles. The molecule has 1 unspecified atom stereocenters. The zero-order valence-electron chi connectivity index (χ0n) is 5.94. The number of hydrogen-bond donors (Lipinski definition) is 0. The van der Waals surface area contributed by atoms with Crippen LogP contribution >= 0.6 is 0 Å². The molecule has 1 radical (unpaired) electrons. The monoisotopic (exact) mass is 127 g/mol. The molecule has 0 bridgehead atoms. The van der Waals surface area contributed by atoms with E-state index in [2.05, 4.69) is 6.92 Å². The second kappa shape index (κ2) is 3.89. The van der Waals surface area contributed by atoms with Crippen LogP contribution in [0.4, 0.5) is 0 Å². The third-order valence-corrected chi connectivity index (χ3v) is 1.85. The minimum atomic E-state index is 0.465. The third kappa shape index (κ3) is 2.35. The molecule has 0 aromatic rings. The highest BCUT2D eigenvalue weighted by molar-refractivity contribution is 4.62. The molecule has 1 atom stereocenters. The van der Waals surface area contributed by atoms with Crippen molar-refractivity contribution in [1.29, 1.82) is 0 Å². The van der Waals surface area contributed by atoms with Crippen LogP contribution in [-0.4, -0.2) is 12.7 Å². The van der Waals surface area contributed by atoms with E-state index in [0.717, 1.165) is 13.0 Å². The summed E-state index contributed by atoms with van der Waals surface area (Å²) >= 11 is 0. The van der Waals surface area contributed by atoms with E-state index in [1.807, 2.05) is 0 Å². The Kier molecular flexibility index (Phi) is 3.05. The Morgan fingerprint density at radius 3 is 3.00 bits per heavy atom. The van der Waals surface area contributed by atoms with Crippen LogP contribution < -0.4 is 0 Å². The van der Waals surface area contributed by atoms with E-state index < -0.39 is 0 Å². The fourth-order valence-electron chi connectivity index (χ4n) is 1.21. The largest absolute Gasteiger partial charge is 0.378 e. The molecule has 1 saturated heterocycles. The summed E-state index contributed by atoms with van der Waals surface area (Å²) in [5, 5.41) is 0. The lowest BCUT2D eigenvalue weighted by Gasteiger charge is -2.10. The van der Waals surface area contributed by atoms with Gasteiger partial charge in [-0.2, -0.15) is 0 Å². The van der Waals surface area contributed by atoms with E-state index in [-0.39, 0.29) is 0 Å². The van der Waals surface area contributed by atoms with Crippen LogP contribution in [0, 0.1) is 6.92 Å². The number of hydrogen-bond acceptors (Lipinski definition) is 1. The van der Waals surface area contributed by atoms with Crippen LogP contribution in [0.1, 0.15) is 32.1 Å². The highest BCUT2D eigenvalue weighted by Crippen LogP contribution is 2.14. The van der Waals surface area contributed by atoms with E-state index in [1.165, 1.54) is 25.7 Å². The molecule has 1 heterocycles. The summed E-state index contributed by atoms with van der Waals surface area (Å²) in [6.07, 6.45) is 6.56. The Balaban J connectivity index is 2.18. The zero-order chi connectivity index (χ0) is 6.53. The molecule has 0 aromatic carbocycles. The quantitative estimate of drug-likeness (QED) is 0.524. The first-order valence-corrected chi connectivity index (χ1v) is 3.84. The van der Waals surface area contributed by atoms with Gasteiger partial charge in [-0.1, -0.05) is 19.8 Å². The van der Waals surface area contributed by atoms with Crippen LogP contribution in [0.2, 0.25) is 0 Å². The molecule has 9 heavy (non-hydrogen) atoms. The van der Waals surface area contributed by atoms with E-state index in [9.17, 15) is 0 Å². The predicted octanol–water partition coefficient (Wildman–Crippen LogP) is 2.17. The SMILES string of the molecule is [CH2]CC1CCCCCO1. The lowest BCUT2D eigenvalue weighted by atomic mass is 10.1. The Labute approximate surface area is 57.4 Å². The summed E-state index contributed by atoms with van der Waals surface area (Å²) in [6, 6.07) is 0. The van der Waals surface area contributed by atoms with E-state index in [1.54, 1.807) is 0 Å².